The van der Waals surface area contributed by atoms with Crippen LogP contribution in [0.4, 0.5) is 0 Å². The smallest absolute Gasteiger partial charge is 0.306 e. The number of rotatable bonds is 56. The summed E-state index contributed by atoms with van der Waals surface area (Å²) >= 11 is 0. The normalized spacial score (nSPS) is 14.1. The minimum absolute atomic E-state index is 0.0273. The Balaban J connectivity index is 5.15. The fourth-order valence-electron chi connectivity index (χ4n) is 8.93. The predicted octanol–water partition coefficient (Wildman–Crippen LogP) is 18.4. The molecule has 10 heteroatoms. The highest BCUT2D eigenvalue weighted by atomic mass is 31.2. The van der Waals surface area contributed by atoms with Crippen LogP contribution in [0.2, 0.25) is 0 Å². The molecule has 0 aliphatic carbocycles. The molecule has 0 aromatic heterocycles. The third-order valence-electron chi connectivity index (χ3n) is 13.7. The lowest BCUT2D eigenvalue weighted by molar-refractivity contribution is -0.870. The number of phosphoric acid groups is 1. The number of amides is 1. The molecule has 0 aromatic carbocycles. The molecule has 0 rings (SSSR count). The summed E-state index contributed by atoms with van der Waals surface area (Å²) in [5.74, 6) is -0.560. The fourth-order valence-corrected chi connectivity index (χ4v) is 9.65. The van der Waals surface area contributed by atoms with E-state index in [1.54, 1.807) is 0 Å². The van der Waals surface area contributed by atoms with Crippen molar-refractivity contribution >= 4 is 19.7 Å². The van der Waals surface area contributed by atoms with Gasteiger partial charge in [0.1, 0.15) is 19.3 Å². The van der Waals surface area contributed by atoms with E-state index in [4.69, 9.17) is 13.8 Å². The first-order valence-corrected chi connectivity index (χ1v) is 32.6. The van der Waals surface area contributed by atoms with Crippen LogP contribution < -0.4 is 10.2 Å². The van der Waals surface area contributed by atoms with Gasteiger partial charge in [0.25, 0.3) is 7.82 Å². The van der Waals surface area contributed by atoms with Gasteiger partial charge in [-0.2, -0.15) is 0 Å². The van der Waals surface area contributed by atoms with Crippen molar-refractivity contribution in [3.8, 4) is 0 Å². The lowest BCUT2D eigenvalue weighted by atomic mass is 10.0. The lowest BCUT2D eigenvalue weighted by Gasteiger charge is -2.30. The molecule has 1 N–H and O–H groups in total. The van der Waals surface area contributed by atoms with Crippen LogP contribution in [-0.2, 0) is 27.9 Å². The highest BCUT2D eigenvalue weighted by Crippen LogP contribution is 2.38. The number of phosphoric ester groups is 1. The van der Waals surface area contributed by atoms with E-state index in [1.165, 1.54) is 167 Å². The average Bonchev–Trinajstić information content (AvgIpc) is 3.36. The van der Waals surface area contributed by atoms with Gasteiger partial charge < -0.3 is 28.5 Å². The molecule has 1 amide bonds. The van der Waals surface area contributed by atoms with E-state index in [0.29, 0.717) is 23.9 Å². The SMILES string of the molecule is CC/C=C/C=C/C=C\CCCCCCCC(=O)NC(COP(=O)([O-])OCC[N+](C)(C)C)C(/C=C\CCCCCCCCCCCC)OC(=O)CCCCCCCCCCCCCCC/C=C/CCCCCCCC. The molecule has 432 valence electrons. The number of carbonyl (C=O) groups excluding carboxylic acids is 2. The molecule has 0 aliphatic heterocycles. The van der Waals surface area contributed by atoms with Crippen molar-refractivity contribution in [2.75, 3.05) is 40.9 Å². The largest absolute Gasteiger partial charge is 0.756 e. The van der Waals surface area contributed by atoms with Crippen molar-refractivity contribution in [3.63, 3.8) is 0 Å². The van der Waals surface area contributed by atoms with Gasteiger partial charge in [0.15, 0.2) is 0 Å². The first-order chi connectivity index (χ1) is 35.9. The minimum atomic E-state index is -4.70. The molecule has 0 saturated carbocycles. The van der Waals surface area contributed by atoms with Crippen molar-refractivity contribution in [2.24, 2.45) is 0 Å². The number of ether oxygens (including phenoxy) is 1. The Labute approximate surface area is 458 Å². The number of hydrogen-bond donors (Lipinski definition) is 1. The predicted molar refractivity (Wildman–Crippen MR) is 316 cm³/mol. The second-order valence-corrected chi connectivity index (χ2v) is 23.6. The third-order valence-corrected chi connectivity index (χ3v) is 14.7. The van der Waals surface area contributed by atoms with Gasteiger partial charge in [0.05, 0.1) is 33.8 Å². The van der Waals surface area contributed by atoms with E-state index >= 15 is 0 Å². The Morgan fingerprint density at radius 1 is 0.486 bits per heavy atom. The van der Waals surface area contributed by atoms with Crippen LogP contribution in [0.15, 0.2) is 60.8 Å². The fraction of sp³-hybridized carbons (Fsp3) is 0.812. The molecule has 0 radical (unpaired) electrons. The van der Waals surface area contributed by atoms with Crippen molar-refractivity contribution in [1.29, 1.82) is 0 Å². The first kappa shape index (κ1) is 71.7. The van der Waals surface area contributed by atoms with Crippen LogP contribution in [0.1, 0.15) is 284 Å². The number of carbonyl (C=O) groups is 2. The summed E-state index contributed by atoms with van der Waals surface area (Å²) < 4.78 is 30.3. The number of unbranched alkanes of at least 4 members (excludes halogenated alkanes) is 34. The summed E-state index contributed by atoms with van der Waals surface area (Å²) in [5.41, 5.74) is 0. The second-order valence-electron chi connectivity index (χ2n) is 22.2. The van der Waals surface area contributed by atoms with Gasteiger partial charge in [0, 0.05) is 12.8 Å². The molecule has 0 saturated heterocycles. The summed E-state index contributed by atoms with van der Waals surface area (Å²) in [7, 11) is 1.17. The van der Waals surface area contributed by atoms with Gasteiger partial charge in [-0.15, -0.1) is 0 Å². The van der Waals surface area contributed by atoms with E-state index in [9.17, 15) is 19.0 Å². The van der Waals surface area contributed by atoms with Crippen molar-refractivity contribution in [2.45, 2.75) is 296 Å². The molecule has 0 heterocycles. The van der Waals surface area contributed by atoms with Crippen LogP contribution in [0.3, 0.4) is 0 Å². The second kappa shape index (κ2) is 54.1. The van der Waals surface area contributed by atoms with Gasteiger partial charge >= 0.3 is 5.97 Å². The quantitative estimate of drug-likeness (QED) is 0.0161. The molecular formula is C64H119N2O7P. The number of nitrogens with zero attached hydrogens (tertiary/aromatic N) is 1. The molecule has 0 aromatic rings. The van der Waals surface area contributed by atoms with E-state index in [2.05, 4.69) is 68.6 Å². The van der Waals surface area contributed by atoms with Crippen LogP contribution in [-0.4, -0.2) is 69.4 Å². The molecule has 3 atom stereocenters. The first-order valence-electron chi connectivity index (χ1n) is 31.1. The number of nitrogens with one attached hydrogen (secondary N) is 1. The monoisotopic (exact) mass is 1060 g/mol. The maximum Gasteiger partial charge on any atom is 0.306 e. The zero-order valence-electron chi connectivity index (χ0n) is 49.3. The summed E-state index contributed by atoms with van der Waals surface area (Å²) in [5, 5.41) is 3.01. The van der Waals surface area contributed by atoms with Gasteiger partial charge in [-0.05, 0) is 76.7 Å². The lowest BCUT2D eigenvalue weighted by Crippen LogP contribution is -2.47. The zero-order chi connectivity index (χ0) is 54.3. The Morgan fingerprint density at radius 2 is 0.878 bits per heavy atom. The van der Waals surface area contributed by atoms with E-state index in [0.717, 1.165) is 77.0 Å². The van der Waals surface area contributed by atoms with Gasteiger partial charge in [-0.25, -0.2) is 0 Å². The van der Waals surface area contributed by atoms with Gasteiger partial charge in [0.2, 0.25) is 5.91 Å². The summed E-state index contributed by atoms with van der Waals surface area (Å²) in [6.07, 6.45) is 67.7. The number of allylic oxidation sites excluding steroid dienone is 9. The Bertz CT molecular complexity index is 1450. The maximum absolute atomic E-state index is 13.5. The van der Waals surface area contributed by atoms with Crippen molar-refractivity contribution < 1.29 is 37.3 Å². The van der Waals surface area contributed by atoms with E-state index < -0.39 is 26.6 Å². The topological polar surface area (TPSA) is 114 Å². The molecule has 0 aliphatic rings. The van der Waals surface area contributed by atoms with Gasteiger partial charge in [-0.1, -0.05) is 255 Å². The molecule has 9 nitrogen and oxygen atoms in total. The van der Waals surface area contributed by atoms with Crippen LogP contribution in [0.5, 0.6) is 0 Å². The van der Waals surface area contributed by atoms with E-state index in [-0.39, 0.29) is 24.9 Å². The van der Waals surface area contributed by atoms with Crippen LogP contribution in [0, 0.1) is 0 Å². The molecule has 0 bridgehead atoms. The Kier molecular flexibility index (Phi) is 52.4. The Morgan fingerprint density at radius 3 is 1.32 bits per heavy atom. The molecule has 74 heavy (non-hydrogen) atoms. The van der Waals surface area contributed by atoms with E-state index in [1.807, 2.05) is 39.4 Å². The third kappa shape index (κ3) is 54.5. The number of likely N-dealkylation sites (N-methyl/N-ethyl adjacent to an activating group) is 1. The molecule has 0 spiro atoms. The van der Waals surface area contributed by atoms with Crippen LogP contribution >= 0.6 is 7.82 Å². The van der Waals surface area contributed by atoms with Crippen molar-refractivity contribution in [1.82, 2.24) is 5.32 Å². The number of quaternary nitrogens is 1. The standard InChI is InChI=1S/C64H119N2O7P/c1-7-10-13-16-19-22-25-28-29-30-31-32-33-34-35-36-37-39-42-45-48-51-54-57-64(68)73-62(55-52-49-46-43-40-27-24-21-18-15-12-9-3)61(60-72-74(69,70)71-59-58-66(4,5)6)65-63(67)56-53-50-47-44-41-38-26-23-20-17-14-11-8-2/h11,14,17,20,23,26,28-29,52,55,61-62H,7-10,12-13,15-16,18-19,21-22,24-25,27,30-51,53-54,56-60H2,1-6H3,(H-,65,67,69,70)/b14-11+,20-17+,26-23-,29-28+,55-52-. The molecule has 3 unspecified atom stereocenters. The average molecular weight is 1060 g/mol. The summed E-state index contributed by atoms with van der Waals surface area (Å²) in [4.78, 5) is 39.9. The number of esters is 1. The maximum atomic E-state index is 13.5. The minimum Gasteiger partial charge on any atom is -0.756 e. The zero-order valence-corrected chi connectivity index (χ0v) is 50.2. The highest BCUT2D eigenvalue weighted by Gasteiger charge is 2.27. The number of hydrogen-bond acceptors (Lipinski definition) is 7. The van der Waals surface area contributed by atoms with Crippen molar-refractivity contribution in [3.05, 3.63) is 60.8 Å². The highest BCUT2D eigenvalue weighted by molar-refractivity contribution is 7.45. The summed E-state index contributed by atoms with van der Waals surface area (Å²) in [6.45, 7) is 6.70. The molecule has 0 fully saturated rings. The van der Waals surface area contributed by atoms with Gasteiger partial charge in [-0.3, -0.25) is 14.2 Å². The molecular weight excluding hydrogens is 940 g/mol. The summed E-state index contributed by atoms with van der Waals surface area (Å²) in [6, 6.07) is -0.898. The Hall–Kier alpha value is -2.29. The van der Waals surface area contributed by atoms with Crippen LogP contribution in [0.25, 0.3) is 0 Å².